The van der Waals surface area contributed by atoms with Crippen molar-refractivity contribution in [1.82, 2.24) is 9.55 Å². The summed E-state index contributed by atoms with van der Waals surface area (Å²) in [5, 5.41) is 13.4. The van der Waals surface area contributed by atoms with Crippen LogP contribution in [0.1, 0.15) is 6.23 Å². The number of hydrogen-bond acceptors (Lipinski definition) is 6. The fourth-order valence-corrected chi connectivity index (χ4v) is 2.09. The van der Waals surface area contributed by atoms with E-state index >= 15 is 0 Å². The Morgan fingerprint density at radius 2 is 2.40 bits per heavy atom. The van der Waals surface area contributed by atoms with E-state index in [-0.39, 0.29) is 6.54 Å². The molecule has 4 atom stereocenters. The van der Waals surface area contributed by atoms with Crippen LogP contribution in [0.25, 0.3) is 10.4 Å². The highest BCUT2D eigenvalue weighted by atomic mass is 16.6. The van der Waals surface area contributed by atoms with Crippen LogP contribution >= 0.6 is 0 Å². The highest BCUT2D eigenvalue weighted by molar-refractivity contribution is 4.94. The summed E-state index contributed by atoms with van der Waals surface area (Å²) in [4.78, 5) is 27.4. The maximum Gasteiger partial charge on any atom is 0.330 e. The van der Waals surface area contributed by atoms with Gasteiger partial charge in [0.1, 0.15) is 12.2 Å². The second kappa shape index (κ2) is 5.88. The standard InChI is InChI=1S/C10H13N5O5/c1-19-8-7(17)5(4-12-14-11)20-9(8)15-3-2-6(16)13-10(15)18/h2-3,5,7-9,17H,4H2,1H3,(H,13,16,18)/t5-,7+,8-,9-/m1/s1. The van der Waals surface area contributed by atoms with Gasteiger partial charge in [-0.25, -0.2) is 4.79 Å². The van der Waals surface area contributed by atoms with Gasteiger partial charge >= 0.3 is 5.69 Å². The van der Waals surface area contributed by atoms with Crippen LogP contribution in [0.3, 0.4) is 0 Å². The van der Waals surface area contributed by atoms with E-state index in [0.29, 0.717) is 0 Å². The first kappa shape index (κ1) is 14.3. The molecule has 0 spiro atoms. The molecule has 0 amide bonds. The third-order valence-electron chi connectivity index (χ3n) is 3.04. The molecule has 0 aromatic carbocycles. The Bertz CT molecular complexity index is 633. The maximum absolute atomic E-state index is 11.7. The zero-order valence-corrected chi connectivity index (χ0v) is 10.5. The molecule has 1 aromatic rings. The van der Waals surface area contributed by atoms with E-state index in [1.807, 2.05) is 0 Å². The van der Waals surface area contributed by atoms with E-state index in [1.54, 1.807) is 0 Å². The summed E-state index contributed by atoms with van der Waals surface area (Å²) in [6.45, 7) is -0.0911. The number of aromatic nitrogens is 2. The average molecular weight is 283 g/mol. The van der Waals surface area contributed by atoms with Gasteiger partial charge in [0.25, 0.3) is 5.56 Å². The molecule has 1 aromatic heterocycles. The fraction of sp³-hybridized carbons (Fsp3) is 0.600. The number of ether oxygens (including phenoxy) is 2. The van der Waals surface area contributed by atoms with Crippen molar-refractivity contribution in [3.8, 4) is 0 Å². The van der Waals surface area contributed by atoms with Gasteiger partial charge < -0.3 is 14.6 Å². The van der Waals surface area contributed by atoms with E-state index < -0.39 is 35.8 Å². The van der Waals surface area contributed by atoms with Crippen LogP contribution in [0.4, 0.5) is 0 Å². The van der Waals surface area contributed by atoms with Crippen molar-refractivity contribution in [3.63, 3.8) is 0 Å². The molecule has 0 unspecified atom stereocenters. The van der Waals surface area contributed by atoms with E-state index in [1.165, 1.54) is 13.3 Å². The number of nitrogens with zero attached hydrogens (tertiary/aromatic N) is 4. The second-order valence-corrected chi connectivity index (χ2v) is 4.19. The molecule has 2 N–H and O–H groups in total. The van der Waals surface area contributed by atoms with Crippen LogP contribution < -0.4 is 11.2 Å². The number of H-pyrrole nitrogens is 1. The first-order chi connectivity index (χ1) is 9.58. The molecule has 0 radical (unpaired) electrons. The van der Waals surface area contributed by atoms with Crippen LogP contribution in [0.2, 0.25) is 0 Å². The molecule has 0 saturated carbocycles. The first-order valence-electron chi connectivity index (χ1n) is 5.77. The number of azide groups is 1. The molecule has 2 heterocycles. The van der Waals surface area contributed by atoms with Crippen molar-refractivity contribution in [2.45, 2.75) is 24.5 Å². The number of aliphatic hydroxyl groups excluding tert-OH is 1. The van der Waals surface area contributed by atoms with E-state index in [2.05, 4.69) is 15.0 Å². The van der Waals surface area contributed by atoms with Crippen molar-refractivity contribution in [2.24, 2.45) is 5.11 Å². The number of nitrogens with one attached hydrogen (secondary N) is 1. The third kappa shape index (κ3) is 2.58. The van der Waals surface area contributed by atoms with Crippen molar-refractivity contribution >= 4 is 0 Å². The lowest BCUT2D eigenvalue weighted by Crippen LogP contribution is -2.38. The normalized spacial score (nSPS) is 29.1. The second-order valence-electron chi connectivity index (χ2n) is 4.19. The van der Waals surface area contributed by atoms with Crippen molar-refractivity contribution in [2.75, 3.05) is 13.7 Å². The molecule has 1 aliphatic heterocycles. The zero-order chi connectivity index (χ0) is 14.7. The number of hydrogen-bond donors (Lipinski definition) is 2. The van der Waals surface area contributed by atoms with E-state index in [4.69, 9.17) is 15.0 Å². The topological polar surface area (TPSA) is 142 Å². The van der Waals surface area contributed by atoms with Gasteiger partial charge in [-0.3, -0.25) is 14.3 Å². The molecule has 10 heteroatoms. The molecule has 2 rings (SSSR count). The molecule has 20 heavy (non-hydrogen) atoms. The summed E-state index contributed by atoms with van der Waals surface area (Å²) in [6, 6.07) is 1.16. The van der Waals surface area contributed by atoms with Crippen LogP contribution in [-0.2, 0) is 9.47 Å². The third-order valence-corrected chi connectivity index (χ3v) is 3.04. The Labute approximate surface area is 112 Å². The Hall–Kier alpha value is -2.13. The fourth-order valence-electron chi connectivity index (χ4n) is 2.09. The van der Waals surface area contributed by atoms with Crippen molar-refractivity contribution in [1.29, 1.82) is 0 Å². The van der Waals surface area contributed by atoms with Gasteiger partial charge in [0, 0.05) is 24.3 Å². The number of aromatic amines is 1. The molecule has 10 nitrogen and oxygen atoms in total. The monoisotopic (exact) mass is 283 g/mol. The first-order valence-corrected chi connectivity index (χ1v) is 5.77. The summed E-state index contributed by atoms with van der Waals surface area (Å²) in [5.41, 5.74) is 7.07. The zero-order valence-electron chi connectivity index (χ0n) is 10.5. The molecule has 0 bridgehead atoms. The SMILES string of the molecule is CO[C@@H]1[C@@H](O)[C@@H](CN=[N+]=[N-])O[C@H]1n1ccc(=O)[nH]c1=O. The smallest absolute Gasteiger partial charge is 0.330 e. The van der Waals surface area contributed by atoms with Gasteiger partial charge in [-0.15, -0.1) is 0 Å². The Balaban J connectivity index is 2.32. The number of aliphatic hydroxyl groups is 1. The number of rotatable bonds is 4. The molecule has 1 fully saturated rings. The molecule has 1 saturated heterocycles. The average Bonchev–Trinajstić information content (AvgIpc) is 2.72. The Kier molecular flexibility index (Phi) is 4.20. The van der Waals surface area contributed by atoms with Crippen LogP contribution in [0.15, 0.2) is 27.0 Å². The van der Waals surface area contributed by atoms with Gasteiger partial charge in [-0.05, 0) is 5.53 Å². The minimum absolute atomic E-state index is 0.0911. The quantitative estimate of drug-likeness (QED) is 0.419. The minimum atomic E-state index is -1.06. The van der Waals surface area contributed by atoms with Gasteiger partial charge in [0.2, 0.25) is 0 Å². The minimum Gasteiger partial charge on any atom is -0.388 e. The van der Waals surface area contributed by atoms with Crippen LogP contribution in [-0.4, -0.2) is 46.6 Å². The molecular weight excluding hydrogens is 270 g/mol. The largest absolute Gasteiger partial charge is 0.388 e. The van der Waals surface area contributed by atoms with Gasteiger partial charge in [-0.2, -0.15) is 0 Å². The van der Waals surface area contributed by atoms with E-state index in [0.717, 1.165) is 10.6 Å². The molecule has 0 aliphatic carbocycles. The summed E-state index contributed by atoms with van der Waals surface area (Å²) in [7, 11) is 1.36. The van der Waals surface area contributed by atoms with Crippen molar-refractivity contribution < 1.29 is 14.6 Å². The lowest BCUT2D eigenvalue weighted by atomic mass is 10.1. The van der Waals surface area contributed by atoms with Crippen molar-refractivity contribution in [3.05, 3.63) is 43.5 Å². The predicted molar refractivity (Wildman–Crippen MR) is 66.0 cm³/mol. The van der Waals surface area contributed by atoms with Gasteiger partial charge in [0.05, 0.1) is 12.6 Å². The highest BCUT2D eigenvalue weighted by Gasteiger charge is 2.44. The predicted octanol–water partition coefficient (Wildman–Crippen LogP) is -0.880. The summed E-state index contributed by atoms with van der Waals surface area (Å²) < 4.78 is 11.7. The Morgan fingerprint density at radius 1 is 1.65 bits per heavy atom. The van der Waals surface area contributed by atoms with Gasteiger partial charge in [0.15, 0.2) is 6.23 Å². The summed E-state index contributed by atoms with van der Waals surface area (Å²) in [5.74, 6) is 0. The molecule has 108 valence electrons. The lowest BCUT2D eigenvalue weighted by Gasteiger charge is -2.19. The van der Waals surface area contributed by atoms with E-state index in [9.17, 15) is 14.7 Å². The van der Waals surface area contributed by atoms with Crippen LogP contribution in [0.5, 0.6) is 0 Å². The summed E-state index contributed by atoms with van der Waals surface area (Å²) in [6.07, 6.45) is -2.34. The summed E-state index contributed by atoms with van der Waals surface area (Å²) >= 11 is 0. The number of methoxy groups -OCH3 is 1. The maximum atomic E-state index is 11.7. The molecular formula is C10H13N5O5. The Morgan fingerprint density at radius 3 is 3.00 bits per heavy atom. The lowest BCUT2D eigenvalue weighted by molar-refractivity contribution is -0.0526. The molecule has 1 aliphatic rings. The van der Waals surface area contributed by atoms with Crippen LogP contribution in [0, 0.1) is 0 Å². The van der Waals surface area contributed by atoms with Gasteiger partial charge in [-0.1, -0.05) is 5.11 Å². The highest BCUT2D eigenvalue weighted by Crippen LogP contribution is 2.30.